The van der Waals surface area contributed by atoms with E-state index in [4.69, 9.17) is 0 Å². The molecule has 0 spiro atoms. The van der Waals surface area contributed by atoms with Crippen LogP contribution in [0.5, 0.6) is 5.75 Å². The number of phenolic OH excluding ortho intramolecular Hbond substituents is 1. The van der Waals surface area contributed by atoms with E-state index >= 15 is 0 Å². The number of rotatable bonds is 23. The lowest BCUT2D eigenvalue weighted by Crippen LogP contribution is -2.03. The Morgan fingerprint density at radius 1 is 0.424 bits per heavy atom. The molecule has 1 nitrogen and oxygen atoms in total. The third kappa shape index (κ3) is 14.8. The highest BCUT2D eigenvalue weighted by Gasteiger charge is 2.13. The van der Waals surface area contributed by atoms with Crippen molar-refractivity contribution in [1.29, 1.82) is 0 Å². The van der Waals surface area contributed by atoms with Crippen molar-refractivity contribution in [2.24, 2.45) is 0 Å². The fraction of sp³-hybridized carbons (Fsp3) is 0.812. The number of benzene rings is 1. The molecule has 1 aromatic rings. The van der Waals surface area contributed by atoms with Crippen LogP contribution in [-0.4, -0.2) is 5.11 Å². The van der Waals surface area contributed by atoms with Crippen molar-refractivity contribution in [3.8, 4) is 5.75 Å². The van der Waals surface area contributed by atoms with Gasteiger partial charge < -0.3 is 5.11 Å². The molecule has 0 aliphatic heterocycles. The topological polar surface area (TPSA) is 20.2 Å². The van der Waals surface area contributed by atoms with Crippen molar-refractivity contribution in [1.82, 2.24) is 0 Å². The average molecular weight is 459 g/mol. The lowest BCUT2D eigenvalue weighted by Gasteiger charge is -2.17. The summed E-state index contributed by atoms with van der Waals surface area (Å²) >= 11 is 0. The Kier molecular flexibility index (Phi) is 19.6. The van der Waals surface area contributed by atoms with Crippen molar-refractivity contribution in [3.05, 3.63) is 28.8 Å². The van der Waals surface area contributed by atoms with Crippen LogP contribution in [0.1, 0.15) is 166 Å². The molecule has 1 heteroatoms. The molecule has 0 fully saturated rings. The van der Waals surface area contributed by atoms with Crippen LogP contribution in [0.3, 0.4) is 0 Å². The molecule has 0 unspecified atom stereocenters. The molecule has 1 rings (SSSR count). The van der Waals surface area contributed by atoms with Crippen LogP contribution in [0.2, 0.25) is 0 Å². The molecule has 1 N–H and O–H groups in total. The van der Waals surface area contributed by atoms with Gasteiger partial charge in [0.25, 0.3) is 0 Å². The van der Waals surface area contributed by atoms with E-state index in [0.717, 1.165) is 12.8 Å². The van der Waals surface area contributed by atoms with Gasteiger partial charge in [-0.05, 0) is 61.3 Å². The third-order valence-corrected chi connectivity index (χ3v) is 7.36. The maximum Gasteiger partial charge on any atom is 0.119 e. The highest BCUT2D eigenvalue weighted by Crippen LogP contribution is 2.30. The van der Waals surface area contributed by atoms with Gasteiger partial charge in [-0.2, -0.15) is 0 Å². The molecule has 0 aromatic heterocycles. The van der Waals surface area contributed by atoms with Crippen molar-refractivity contribution >= 4 is 0 Å². The number of aryl methyl sites for hydroxylation is 1. The Labute approximate surface area is 208 Å². The minimum atomic E-state index is 0.558. The lowest BCUT2D eigenvalue weighted by molar-refractivity contribution is 0.463. The van der Waals surface area contributed by atoms with Gasteiger partial charge in [0, 0.05) is 0 Å². The molecule has 0 amide bonds. The van der Waals surface area contributed by atoms with E-state index < -0.39 is 0 Å². The fourth-order valence-electron chi connectivity index (χ4n) is 5.17. The molecule has 0 saturated heterocycles. The average Bonchev–Trinajstić information content (AvgIpc) is 2.82. The second-order valence-corrected chi connectivity index (χ2v) is 10.5. The summed E-state index contributed by atoms with van der Waals surface area (Å²) in [6, 6.07) is 4.21. The van der Waals surface area contributed by atoms with Gasteiger partial charge in [0.15, 0.2) is 0 Å². The second-order valence-electron chi connectivity index (χ2n) is 10.5. The van der Waals surface area contributed by atoms with Crippen LogP contribution < -0.4 is 0 Å². The van der Waals surface area contributed by atoms with E-state index in [1.54, 1.807) is 0 Å². The van der Waals surface area contributed by atoms with Gasteiger partial charge in [0.2, 0.25) is 0 Å². The van der Waals surface area contributed by atoms with Gasteiger partial charge in [-0.3, -0.25) is 0 Å². The first-order chi connectivity index (χ1) is 16.2. The predicted molar refractivity (Wildman–Crippen MR) is 149 cm³/mol. The summed E-state index contributed by atoms with van der Waals surface area (Å²) in [7, 11) is 0. The van der Waals surface area contributed by atoms with Gasteiger partial charge in [-0.15, -0.1) is 0 Å². The van der Waals surface area contributed by atoms with Gasteiger partial charge in [0.1, 0.15) is 5.75 Å². The third-order valence-electron chi connectivity index (χ3n) is 7.36. The van der Waals surface area contributed by atoms with Crippen molar-refractivity contribution < 1.29 is 5.11 Å². The minimum absolute atomic E-state index is 0.558. The Bertz CT molecular complexity index is 562. The number of unbranched alkanes of at least 4 members (excludes halogenated alkanes) is 17. The molecule has 0 radical (unpaired) electrons. The Balaban J connectivity index is 2.50. The molecule has 1 aromatic carbocycles. The van der Waals surface area contributed by atoms with Gasteiger partial charge in [-0.1, -0.05) is 136 Å². The maximum atomic E-state index is 10.7. The maximum absolute atomic E-state index is 10.7. The molecular formula is C32H58O. The van der Waals surface area contributed by atoms with E-state index in [1.807, 2.05) is 6.07 Å². The lowest BCUT2D eigenvalue weighted by atomic mass is 9.89. The number of phenols is 1. The SMILES string of the molecule is CCCCCCCCCCCCc1c(O)ccc(CCCCC)c1CCCCCCCCC. The minimum Gasteiger partial charge on any atom is -0.508 e. The molecule has 0 saturated carbocycles. The molecular weight excluding hydrogens is 400 g/mol. The molecule has 192 valence electrons. The first kappa shape index (κ1) is 30.1. The quantitative estimate of drug-likeness (QED) is 0.162. The summed E-state index contributed by atoms with van der Waals surface area (Å²) in [5.41, 5.74) is 4.32. The zero-order chi connectivity index (χ0) is 24.0. The van der Waals surface area contributed by atoms with Crippen LogP contribution in [0.4, 0.5) is 0 Å². The van der Waals surface area contributed by atoms with Crippen LogP contribution in [-0.2, 0) is 19.3 Å². The zero-order valence-electron chi connectivity index (χ0n) is 22.9. The van der Waals surface area contributed by atoms with Crippen LogP contribution in [0, 0.1) is 0 Å². The van der Waals surface area contributed by atoms with Crippen LogP contribution in [0.25, 0.3) is 0 Å². The molecule has 0 bridgehead atoms. The summed E-state index contributed by atoms with van der Waals surface area (Å²) in [5.74, 6) is 0.558. The van der Waals surface area contributed by atoms with Gasteiger partial charge in [-0.25, -0.2) is 0 Å². The van der Waals surface area contributed by atoms with E-state index in [1.165, 1.54) is 152 Å². The molecule has 0 aliphatic carbocycles. The molecule has 0 heterocycles. The number of hydrogen-bond acceptors (Lipinski definition) is 1. The Morgan fingerprint density at radius 2 is 0.788 bits per heavy atom. The summed E-state index contributed by atoms with van der Waals surface area (Å²) in [6.45, 7) is 6.86. The predicted octanol–water partition coefficient (Wildman–Crippen LogP) is 10.9. The molecule has 0 aliphatic rings. The van der Waals surface area contributed by atoms with E-state index in [9.17, 15) is 5.11 Å². The van der Waals surface area contributed by atoms with E-state index in [-0.39, 0.29) is 0 Å². The van der Waals surface area contributed by atoms with Crippen LogP contribution >= 0.6 is 0 Å². The second kappa shape index (κ2) is 21.5. The summed E-state index contributed by atoms with van der Waals surface area (Å²) in [6.07, 6.45) is 30.5. The number of hydrogen-bond donors (Lipinski definition) is 1. The zero-order valence-corrected chi connectivity index (χ0v) is 22.9. The fourth-order valence-corrected chi connectivity index (χ4v) is 5.17. The largest absolute Gasteiger partial charge is 0.508 e. The summed E-state index contributed by atoms with van der Waals surface area (Å²) in [5, 5.41) is 10.7. The van der Waals surface area contributed by atoms with Crippen molar-refractivity contribution in [3.63, 3.8) is 0 Å². The highest BCUT2D eigenvalue weighted by molar-refractivity contribution is 5.45. The van der Waals surface area contributed by atoms with Crippen molar-refractivity contribution in [2.45, 2.75) is 168 Å². The smallest absolute Gasteiger partial charge is 0.119 e. The molecule has 0 atom stereocenters. The summed E-state index contributed by atoms with van der Waals surface area (Å²) in [4.78, 5) is 0. The normalized spacial score (nSPS) is 11.4. The standard InChI is InChI=1S/C32H58O/c1-4-7-10-12-14-15-16-18-20-23-26-31-30(25-22-19-17-13-11-8-5-2)29(24-21-9-6-3)27-28-32(31)33/h27-28,33H,4-26H2,1-3H3. The first-order valence-electron chi connectivity index (χ1n) is 15.1. The monoisotopic (exact) mass is 458 g/mol. The number of aromatic hydroxyl groups is 1. The van der Waals surface area contributed by atoms with Crippen molar-refractivity contribution in [2.75, 3.05) is 0 Å². The highest BCUT2D eigenvalue weighted by atomic mass is 16.3. The molecule has 33 heavy (non-hydrogen) atoms. The summed E-state index contributed by atoms with van der Waals surface area (Å²) < 4.78 is 0. The van der Waals surface area contributed by atoms with Crippen LogP contribution in [0.15, 0.2) is 12.1 Å². The van der Waals surface area contributed by atoms with Gasteiger partial charge >= 0.3 is 0 Å². The Morgan fingerprint density at radius 3 is 1.27 bits per heavy atom. The van der Waals surface area contributed by atoms with Gasteiger partial charge in [0.05, 0.1) is 0 Å². The van der Waals surface area contributed by atoms with E-state index in [2.05, 4.69) is 26.8 Å². The Hall–Kier alpha value is -0.980. The van der Waals surface area contributed by atoms with E-state index in [0.29, 0.717) is 5.75 Å². The first-order valence-corrected chi connectivity index (χ1v) is 15.1.